The lowest BCUT2D eigenvalue weighted by molar-refractivity contribution is 0.0297. The van der Waals surface area contributed by atoms with Crippen LogP contribution in [0, 0.1) is 0 Å². The van der Waals surface area contributed by atoms with E-state index in [2.05, 4.69) is 0 Å². The predicted molar refractivity (Wildman–Crippen MR) is 34.0 cm³/mol. The van der Waals surface area contributed by atoms with Crippen LogP contribution in [0.3, 0.4) is 0 Å². The molecule has 8 heavy (non-hydrogen) atoms. The number of thioether (sulfide) groups is 1. The van der Waals surface area contributed by atoms with Gasteiger partial charge in [0, 0.05) is 5.75 Å². The normalized spacial score (nSPS) is 39.8. The van der Waals surface area contributed by atoms with Gasteiger partial charge in [-0.05, 0) is 12.2 Å². The van der Waals surface area contributed by atoms with Gasteiger partial charge in [-0.25, -0.2) is 0 Å². The Hall–Kier alpha value is 0.270. The maximum Gasteiger partial charge on any atom is 0.0889 e. The molecule has 1 heterocycles. The van der Waals surface area contributed by atoms with Gasteiger partial charge in [0.05, 0.1) is 12.2 Å². The van der Waals surface area contributed by atoms with E-state index >= 15 is 0 Å². The van der Waals surface area contributed by atoms with E-state index < -0.39 is 12.2 Å². The highest BCUT2D eigenvalue weighted by Gasteiger charge is 2.19. The highest BCUT2D eigenvalue weighted by molar-refractivity contribution is 7.99. The van der Waals surface area contributed by atoms with Crippen molar-refractivity contribution in [1.82, 2.24) is 0 Å². The minimum Gasteiger partial charge on any atom is -0.390 e. The fraction of sp³-hybridized carbons (Fsp3) is 1.00. The van der Waals surface area contributed by atoms with Crippen LogP contribution < -0.4 is 0 Å². The molecule has 0 unspecified atom stereocenters. The van der Waals surface area contributed by atoms with Crippen molar-refractivity contribution in [3.05, 3.63) is 0 Å². The first-order valence-corrected chi connectivity index (χ1v) is 3.90. The number of aliphatic hydroxyl groups is 2. The number of rotatable bonds is 0. The molecule has 1 rings (SSSR count). The van der Waals surface area contributed by atoms with Crippen molar-refractivity contribution in [3.8, 4) is 0 Å². The van der Waals surface area contributed by atoms with Gasteiger partial charge in [-0.1, -0.05) is 0 Å². The molecule has 2 atom stereocenters. The Balaban J connectivity index is 2.28. The van der Waals surface area contributed by atoms with Gasteiger partial charge in [0.15, 0.2) is 0 Å². The lowest BCUT2D eigenvalue weighted by Crippen LogP contribution is -2.32. The number of aliphatic hydroxyl groups excluding tert-OH is 2. The molecule has 0 amide bonds. The van der Waals surface area contributed by atoms with Gasteiger partial charge in [0.2, 0.25) is 0 Å². The van der Waals surface area contributed by atoms with Crippen molar-refractivity contribution < 1.29 is 10.2 Å². The molecule has 2 N–H and O–H groups in total. The van der Waals surface area contributed by atoms with Crippen LogP contribution in [0.25, 0.3) is 0 Å². The smallest absolute Gasteiger partial charge is 0.0889 e. The average molecular weight is 134 g/mol. The van der Waals surface area contributed by atoms with Gasteiger partial charge in [-0.3, -0.25) is 0 Å². The second-order valence-corrected chi connectivity index (χ2v) is 3.15. The molecule has 3 heteroatoms. The highest BCUT2D eigenvalue weighted by atomic mass is 32.2. The maximum atomic E-state index is 8.91. The van der Waals surface area contributed by atoms with Crippen LogP contribution in [0.2, 0.25) is 0 Å². The molecule has 2 nitrogen and oxygen atoms in total. The molecule has 1 aliphatic heterocycles. The third kappa shape index (κ3) is 1.37. The van der Waals surface area contributed by atoms with Crippen molar-refractivity contribution in [3.63, 3.8) is 0 Å². The van der Waals surface area contributed by atoms with Crippen LogP contribution in [0.4, 0.5) is 0 Å². The van der Waals surface area contributed by atoms with Crippen LogP contribution in [0.5, 0.6) is 0 Å². The quantitative estimate of drug-likeness (QED) is 0.484. The predicted octanol–water partition coefficient (Wildman–Crippen LogP) is -0.155. The summed E-state index contributed by atoms with van der Waals surface area (Å²) in [5.74, 6) is 1.68. The fourth-order valence-corrected chi connectivity index (χ4v) is 1.75. The summed E-state index contributed by atoms with van der Waals surface area (Å²) in [6, 6.07) is 0. The van der Waals surface area contributed by atoms with Gasteiger partial charge < -0.3 is 10.2 Å². The fourth-order valence-electron chi connectivity index (χ4n) is 0.712. The first kappa shape index (κ1) is 6.39. The number of hydrogen-bond acceptors (Lipinski definition) is 3. The van der Waals surface area contributed by atoms with Gasteiger partial charge >= 0.3 is 0 Å². The third-order valence-corrected chi connectivity index (χ3v) is 2.39. The lowest BCUT2D eigenvalue weighted by Gasteiger charge is -2.21. The van der Waals surface area contributed by atoms with Crippen LogP contribution in [-0.4, -0.2) is 33.9 Å². The highest BCUT2D eigenvalue weighted by Crippen LogP contribution is 2.16. The molecule has 0 aromatic heterocycles. The Kier molecular flexibility index (Phi) is 2.16. The van der Waals surface area contributed by atoms with Crippen molar-refractivity contribution in [1.29, 1.82) is 0 Å². The largest absolute Gasteiger partial charge is 0.390 e. The zero-order chi connectivity index (χ0) is 5.98. The molecule has 0 aromatic rings. The molecule has 1 fully saturated rings. The van der Waals surface area contributed by atoms with Gasteiger partial charge in [-0.15, -0.1) is 0 Å². The van der Waals surface area contributed by atoms with E-state index in [1.807, 2.05) is 0 Å². The van der Waals surface area contributed by atoms with Gasteiger partial charge in [0.25, 0.3) is 0 Å². The zero-order valence-corrected chi connectivity index (χ0v) is 5.40. The van der Waals surface area contributed by atoms with E-state index in [1.165, 1.54) is 0 Å². The SMILES string of the molecule is O[C@@H]1CCSC[C@@H]1O. The minimum absolute atomic E-state index is 0.462. The summed E-state index contributed by atoms with van der Waals surface area (Å²) in [4.78, 5) is 0. The summed E-state index contributed by atoms with van der Waals surface area (Å²) in [5.41, 5.74) is 0. The summed E-state index contributed by atoms with van der Waals surface area (Å²) in [6.07, 6.45) is -0.198. The third-order valence-electron chi connectivity index (χ3n) is 1.29. The van der Waals surface area contributed by atoms with Gasteiger partial charge in [-0.2, -0.15) is 11.8 Å². The van der Waals surface area contributed by atoms with E-state index in [4.69, 9.17) is 10.2 Å². The Bertz CT molecular complexity index is 66.8. The molecule has 0 radical (unpaired) electrons. The van der Waals surface area contributed by atoms with Crippen molar-refractivity contribution >= 4 is 11.8 Å². The lowest BCUT2D eigenvalue weighted by atomic mass is 10.2. The summed E-state index contributed by atoms with van der Waals surface area (Å²) in [7, 11) is 0. The Morgan fingerprint density at radius 1 is 1.25 bits per heavy atom. The van der Waals surface area contributed by atoms with E-state index in [9.17, 15) is 0 Å². The van der Waals surface area contributed by atoms with E-state index in [0.717, 1.165) is 12.2 Å². The van der Waals surface area contributed by atoms with E-state index in [1.54, 1.807) is 11.8 Å². The molecular formula is C5H10O2S. The topological polar surface area (TPSA) is 40.5 Å². The van der Waals surface area contributed by atoms with E-state index in [0.29, 0.717) is 5.75 Å². The molecule has 0 bridgehead atoms. The summed E-state index contributed by atoms with van der Waals surface area (Å²) in [5, 5.41) is 17.8. The van der Waals surface area contributed by atoms with Crippen LogP contribution in [-0.2, 0) is 0 Å². The van der Waals surface area contributed by atoms with Crippen molar-refractivity contribution in [2.45, 2.75) is 18.6 Å². The second-order valence-electron chi connectivity index (χ2n) is 2.00. The zero-order valence-electron chi connectivity index (χ0n) is 4.58. The van der Waals surface area contributed by atoms with Crippen molar-refractivity contribution in [2.75, 3.05) is 11.5 Å². The van der Waals surface area contributed by atoms with Crippen molar-refractivity contribution in [2.24, 2.45) is 0 Å². The molecule has 1 aliphatic rings. The first-order valence-electron chi connectivity index (χ1n) is 2.74. The minimum atomic E-state index is -0.478. The Morgan fingerprint density at radius 3 is 2.38 bits per heavy atom. The molecule has 0 aliphatic carbocycles. The maximum absolute atomic E-state index is 8.91. The standard InChI is InChI=1S/C5H10O2S/c6-4-1-2-8-3-5(4)7/h4-7H,1-3H2/t4-,5+/m1/s1. The molecule has 48 valence electrons. The van der Waals surface area contributed by atoms with Crippen LogP contribution >= 0.6 is 11.8 Å². The summed E-state index contributed by atoms with van der Waals surface area (Å²) >= 11 is 1.70. The Morgan fingerprint density at radius 2 is 2.00 bits per heavy atom. The average Bonchev–Trinajstić information content (AvgIpc) is 1.77. The molecule has 1 saturated heterocycles. The van der Waals surface area contributed by atoms with Crippen LogP contribution in [0.15, 0.2) is 0 Å². The Labute approximate surface area is 52.9 Å². The van der Waals surface area contributed by atoms with Crippen LogP contribution in [0.1, 0.15) is 6.42 Å². The molecular weight excluding hydrogens is 124 g/mol. The molecule has 0 saturated carbocycles. The first-order chi connectivity index (χ1) is 3.80. The number of hydrogen-bond donors (Lipinski definition) is 2. The van der Waals surface area contributed by atoms with E-state index in [-0.39, 0.29) is 0 Å². The van der Waals surface area contributed by atoms with Gasteiger partial charge in [0.1, 0.15) is 0 Å². The molecule has 0 aromatic carbocycles. The second kappa shape index (κ2) is 2.71. The monoisotopic (exact) mass is 134 g/mol. The summed E-state index contributed by atoms with van der Waals surface area (Å²) in [6.45, 7) is 0. The summed E-state index contributed by atoms with van der Waals surface area (Å²) < 4.78 is 0. The molecule has 0 spiro atoms.